The molecule has 3 nitrogen and oxygen atoms in total. The lowest BCUT2D eigenvalue weighted by Gasteiger charge is -2.33. The predicted octanol–water partition coefficient (Wildman–Crippen LogP) is 4.21. The maximum absolute atomic E-state index is 12.7. The molecule has 0 N–H and O–H groups in total. The highest BCUT2D eigenvalue weighted by Gasteiger charge is 2.44. The monoisotopic (exact) mass is 284 g/mol. The van der Waals surface area contributed by atoms with E-state index in [1.807, 2.05) is 13.8 Å². The summed E-state index contributed by atoms with van der Waals surface area (Å²) in [6.07, 6.45) is 0. The molecule has 1 atom stereocenters. The van der Waals surface area contributed by atoms with Crippen molar-refractivity contribution in [2.75, 3.05) is 19.0 Å². The fourth-order valence-electron chi connectivity index (χ4n) is 1.51. The number of hydrogen-bond acceptors (Lipinski definition) is 4. The molecular weight excluding hydrogens is 259 g/mol. The molecule has 0 aromatic heterocycles. The lowest BCUT2D eigenvalue weighted by Crippen LogP contribution is -2.37. The first-order valence-corrected chi connectivity index (χ1v) is 12.1. The summed E-state index contributed by atoms with van der Waals surface area (Å²) >= 11 is 1.72. The molecule has 0 aliphatic rings. The normalized spacial score (nSPS) is 15.1. The van der Waals surface area contributed by atoms with Gasteiger partial charge in [0.25, 0.3) is 0 Å². The molecule has 0 saturated heterocycles. The van der Waals surface area contributed by atoms with Crippen LogP contribution in [0.5, 0.6) is 0 Å². The third-order valence-corrected chi connectivity index (χ3v) is 13.0. The quantitative estimate of drug-likeness (QED) is 0.494. The molecule has 0 aliphatic heterocycles. The van der Waals surface area contributed by atoms with Gasteiger partial charge in [-0.3, -0.25) is 4.57 Å². The molecule has 0 bridgehead atoms. The first-order chi connectivity index (χ1) is 7.31. The van der Waals surface area contributed by atoms with Gasteiger partial charge in [-0.15, -0.1) is 11.8 Å². The Labute approximate surface area is 105 Å². The first kappa shape index (κ1) is 16.7. The van der Waals surface area contributed by atoms with Crippen molar-refractivity contribution >= 4 is 27.4 Å². The van der Waals surface area contributed by atoms with Gasteiger partial charge in [0.15, 0.2) is 0 Å². The van der Waals surface area contributed by atoms with Crippen LogP contribution in [-0.4, -0.2) is 31.7 Å². The van der Waals surface area contributed by atoms with E-state index in [2.05, 4.69) is 26.6 Å². The highest BCUT2D eigenvalue weighted by atomic mass is 32.2. The highest BCUT2D eigenvalue weighted by Crippen LogP contribution is 2.59. The zero-order valence-electron chi connectivity index (χ0n) is 11.3. The predicted molar refractivity (Wildman–Crippen MR) is 76.1 cm³/mol. The van der Waals surface area contributed by atoms with E-state index in [4.69, 9.17) is 9.05 Å². The van der Waals surface area contributed by atoms with Crippen LogP contribution in [-0.2, 0) is 13.6 Å². The molecule has 0 aliphatic carbocycles. The van der Waals surface area contributed by atoms with Gasteiger partial charge in [0, 0.05) is 0 Å². The molecule has 0 rings (SSSR count). The summed E-state index contributed by atoms with van der Waals surface area (Å²) in [5.74, 6) is 0.944. The maximum Gasteiger partial charge on any atom is 0.340 e. The molecule has 98 valence electrons. The Bertz CT molecular complexity index is 233. The second kappa shape index (κ2) is 7.22. The topological polar surface area (TPSA) is 35.5 Å². The van der Waals surface area contributed by atoms with Crippen LogP contribution in [0.2, 0.25) is 19.6 Å². The summed E-state index contributed by atoms with van der Waals surface area (Å²) in [6.45, 7) is 13.3. The second-order valence-electron chi connectivity index (χ2n) is 4.55. The molecule has 6 heteroatoms. The Morgan fingerprint density at radius 2 is 1.56 bits per heavy atom. The van der Waals surface area contributed by atoms with Crippen LogP contribution in [0.15, 0.2) is 0 Å². The van der Waals surface area contributed by atoms with Crippen molar-refractivity contribution in [1.82, 2.24) is 0 Å². The minimum Gasteiger partial charge on any atom is -0.308 e. The average molecular weight is 284 g/mol. The molecule has 0 aromatic rings. The van der Waals surface area contributed by atoms with Gasteiger partial charge in [-0.2, -0.15) is 0 Å². The van der Waals surface area contributed by atoms with Gasteiger partial charge in [-0.1, -0.05) is 26.6 Å². The van der Waals surface area contributed by atoms with Crippen LogP contribution >= 0.6 is 19.4 Å². The molecule has 1 unspecified atom stereocenters. The fraction of sp³-hybridized carbons (Fsp3) is 1.00. The summed E-state index contributed by atoms with van der Waals surface area (Å²) in [7, 11) is -4.51. The van der Waals surface area contributed by atoms with Crippen LogP contribution in [0.3, 0.4) is 0 Å². The van der Waals surface area contributed by atoms with E-state index in [1.165, 1.54) is 0 Å². The Balaban J connectivity index is 5.01. The first-order valence-electron chi connectivity index (χ1n) is 5.82. The van der Waals surface area contributed by atoms with Crippen molar-refractivity contribution in [3.63, 3.8) is 0 Å². The zero-order chi connectivity index (χ0) is 12.8. The lowest BCUT2D eigenvalue weighted by molar-refractivity contribution is 0.222. The average Bonchev–Trinajstić information content (AvgIpc) is 2.13. The Kier molecular flexibility index (Phi) is 7.54. The van der Waals surface area contributed by atoms with E-state index >= 15 is 0 Å². The lowest BCUT2D eigenvalue weighted by atomic mass is 10.9. The van der Waals surface area contributed by atoms with Gasteiger partial charge in [0.1, 0.15) is 0 Å². The molecule has 0 saturated carbocycles. The largest absolute Gasteiger partial charge is 0.340 e. The van der Waals surface area contributed by atoms with Crippen LogP contribution < -0.4 is 0 Å². The minimum atomic E-state index is -2.94. The van der Waals surface area contributed by atoms with Crippen LogP contribution in [0.4, 0.5) is 0 Å². The molecule has 0 heterocycles. The summed E-state index contributed by atoms with van der Waals surface area (Å²) in [6, 6.07) is 0. The van der Waals surface area contributed by atoms with E-state index in [9.17, 15) is 4.57 Å². The van der Waals surface area contributed by atoms with Crippen LogP contribution in [0.1, 0.15) is 20.8 Å². The van der Waals surface area contributed by atoms with Crippen molar-refractivity contribution in [3.8, 4) is 0 Å². The van der Waals surface area contributed by atoms with E-state index in [1.54, 1.807) is 11.8 Å². The minimum absolute atomic E-state index is 0.0323. The smallest absolute Gasteiger partial charge is 0.308 e. The summed E-state index contributed by atoms with van der Waals surface area (Å²) in [5.41, 5.74) is 0. The van der Waals surface area contributed by atoms with E-state index in [0.717, 1.165) is 5.75 Å². The van der Waals surface area contributed by atoms with Crippen molar-refractivity contribution in [2.24, 2.45) is 0 Å². The maximum atomic E-state index is 12.7. The Morgan fingerprint density at radius 1 is 1.12 bits per heavy atom. The van der Waals surface area contributed by atoms with Crippen LogP contribution in [0.25, 0.3) is 0 Å². The second-order valence-corrected chi connectivity index (χ2v) is 14.6. The standard InChI is InChI=1S/C10H25O3PSSi/c1-7-12-14(11,13-8-2)10(15-9-3)16(4,5)6/h10H,7-9H2,1-6H3. The van der Waals surface area contributed by atoms with E-state index in [-0.39, 0.29) is 4.61 Å². The van der Waals surface area contributed by atoms with Crippen molar-refractivity contribution < 1.29 is 13.6 Å². The molecule has 0 spiro atoms. The molecule has 0 aromatic carbocycles. The van der Waals surface area contributed by atoms with Gasteiger partial charge in [-0.05, 0) is 19.6 Å². The fourth-order valence-corrected chi connectivity index (χ4v) is 11.2. The van der Waals surface area contributed by atoms with E-state index < -0.39 is 15.7 Å². The Hall–Kier alpha value is 0.717. The molecular formula is C10H25O3PSSi. The van der Waals surface area contributed by atoms with Gasteiger partial charge < -0.3 is 9.05 Å². The third-order valence-electron chi connectivity index (χ3n) is 1.97. The number of rotatable bonds is 8. The van der Waals surface area contributed by atoms with Gasteiger partial charge in [0.2, 0.25) is 0 Å². The molecule has 0 radical (unpaired) electrons. The Morgan fingerprint density at radius 3 is 1.81 bits per heavy atom. The van der Waals surface area contributed by atoms with Crippen molar-refractivity contribution in [3.05, 3.63) is 0 Å². The number of thioether (sulfide) groups is 1. The molecule has 0 amide bonds. The van der Waals surface area contributed by atoms with E-state index in [0.29, 0.717) is 13.2 Å². The molecule has 16 heavy (non-hydrogen) atoms. The van der Waals surface area contributed by atoms with Crippen molar-refractivity contribution in [1.29, 1.82) is 0 Å². The van der Waals surface area contributed by atoms with Gasteiger partial charge in [-0.25, -0.2) is 0 Å². The summed E-state index contributed by atoms with van der Waals surface area (Å²) < 4.78 is 23.7. The van der Waals surface area contributed by atoms with Gasteiger partial charge in [0.05, 0.1) is 25.9 Å². The van der Waals surface area contributed by atoms with Gasteiger partial charge >= 0.3 is 7.60 Å². The van der Waals surface area contributed by atoms with Crippen molar-refractivity contribution in [2.45, 2.75) is 45.0 Å². The third kappa shape index (κ3) is 4.92. The van der Waals surface area contributed by atoms with Crippen LogP contribution in [0, 0.1) is 0 Å². The highest BCUT2D eigenvalue weighted by molar-refractivity contribution is 8.07. The SMILES string of the molecule is CCOP(=O)(OCC)C(SCC)[Si](C)(C)C. The zero-order valence-corrected chi connectivity index (χ0v) is 14.0. The number of hydrogen-bond donors (Lipinski definition) is 0. The summed E-state index contributed by atoms with van der Waals surface area (Å²) in [4.78, 5) is 0. The molecule has 0 fully saturated rings. The summed E-state index contributed by atoms with van der Waals surface area (Å²) in [5, 5.41) is 0.